The van der Waals surface area contributed by atoms with Crippen molar-refractivity contribution in [1.82, 2.24) is 5.32 Å². The van der Waals surface area contributed by atoms with E-state index in [2.05, 4.69) is 16.0 Å². The highest BCUT2D eigenvalue weighted by molar-refractivity contribution is 8.00. The summed E-state index contributed by atoms with van der Waals surface area (Å²) in [4.78, 5) is 40.7. The third-order valence-corrected chi connectivity index (χ3v) is 8.96. The Morgan fingerprint density at radius 1 is 0.745 bits per heavy atom. The minimum atomic E-state index is -0.612. The molecule has 1 atom stereocenters. The summed E-state index contributed by atoms with van der Waals surface area (Å²) >= 11 is 13.8. The van der Waals surface area contributed by atoms with E-state index < -0.39 is 17.1 Å². The van der Waals surface area contributed by atoms with Gasteiger partial charge in [0.05, 0.1) is 22.8 Å². The van der Waals surface area contributed by atoms with Gasteiger partial charge in [-0.1, -0.05) is 89.9 Å². The lowest BCUT2D eigenvalue weighted by Gasteiger charge is -2.18. The van der Waals surface area contributed by atoms with Crippen LogP contribution in [0.2, 0.25) is 10.0 Å². The van der Waals surface area contributed by atoms with Gasteiger partial charge in [-0.15, -0.1) is 11.8 Å². The van der Waals surface area contributed by atoms with Gasteiger partial charge in [-0.2, -0.15) is 0 Å². The Bertz CT molecular complexity index is 1890. The van der Waals surface area contributed by atoms with Gasteiger partial charge in [-0.3, -0.25) is 14.4 Å². The van der Waals surface area contributed by atoms with Crippen molar-refractivity contribution < 1.29 is 19.1 Å². The van der Waals surface area contributed by atoms with Crippen molar-refractivity contribution in [2.45, 2.75) is 10.1 Å². The molecular weight excluding hydrogens is 653 g/mol. The molecule has 0 bridgehead atoms. The van der Waals surface area contributed by atoms with Crippen LogP contribution in [0.15, 0.2) is 138 Å². The lowest BCUT2D eigenvalue weighted by atomic mass is 10.1. The van der Waals surface area contributed by atoms with Crippen LogP contribution in [0.25, 0.3) is 6.08 Å². The number of methoxy groups -OCH3 is 1. The zero-order valence-corrected chi connectivity index (χ0v) is 27.4. The summed E-state index contributed by atoms with van der Waals surface area (Å²) in [5.41, 5.74) is 2.88. The van der Waals surface area contributed by atoms with Crippen LogP contribution in [-0.4, -0.2) is 24.8 Å². The number of hydrogen-bond donors (Lipinski definition) is 3. The van der Waals surface area contributed by atoms with Gasteiger partial charge in [0.25, 0.3) is 11.8 Å². The molecule has 0 aliphatic rings. The average Bonchev–Trinajstić information content (AvgIpc) is 3.10. The van der Waals surface area contributed by atoms with Gasteiger partial charge >= 0.3 is 0 Å². The molecule has 5 rings (SSSR count). The summed E-state index contributed by atoms with van der Waals surface area (Å²) in [6.07, 6.45) is 1.59. The molecule has 0 aromatic heterocycles. The second kappa shape index (κ2) is 16.0. The zero-order valence-electron chi connectivity index (χ0n) is 25.1. The SMILES string of the molecule is COc1ccc(/C=C(\NC(=O)c2ccccc2)C(=O)Nc2ccc(SC(C(=O)Nc3cccc(Cl)c3Cl)c3ccccc3)cc2)cc1. The van der Waals surface area contributed by atoms with E-state index in [1.807, 2.05) is 48.5 Å². The van der Waals surface area contributed by atoms with Crippen molar-refractivity contribution in [2.24, 2.45) is 0 Å². The first-order valence-electron chi connectivity index (χ1n) is 14.4. The van der Waals surface area contributed by atoms with E-state index in [0.29, 0.717) is 33.3 Å². The molecule has 7 nitrogen and oxygen atoms in total. The maximum absolute atomic E-state index is 13.5. The number of ether oxygens (including phenoxy) is 1. The second-order valence-electron chi connectivity index (χ2n) is 10.1. The summed E-state index contributed by atoms with van der Waals surface area (Å²) in [6.45, 7) is 0. The number of hydrogen-bond acceptors (Lipinski definition) is 5. The first-order chi connectivity index (χ1) is 22.8. The van der Waals surface area contributed by atoms with Gasteiger partial charge in [0.1, 0.15) is 16.7 Å². The Morgan fingerprint density at radius 2 is 1.40 bits per heavy atom. The van der Waals surface area contributed by atoms with Crippen molar-refractivity contribution in [1.29, 1.82) is 0 Å². The quantitative estimate of drug-likeness (QED) is 0.0956. The van der Waals surface area contributed by atoms with E-state index in [9.17, 15) is 14.4 Å². The Balaban J connectivity index is 1.33. The molecule has 3 N–H and O–H groups in total. The molecule has 1 unspecified atom stereocenters. The van der Waals surface area contributed by atoms with Crippen LogP contribution in [0.5, 0.6) is 5.75 Å². The summed E-state index contributed by atoms with van der Waals surface area (Å²) < 4.78 is 5.23. The van der Waals surface area contributed by atoms with E-state index in [0.717, 1.165) is 10.5 Å². The molecule has 0 spiro atoms. The number of carbonyl (C=O) groups is 3. The maximum atomic E-state index is 13.5. The van der Waals surface area contributed by atoms with Crippen molar-refractivity contribution >= 4 is 70.1 Å². The molecule has 0 fully saturated rings. The Morgan fingerprint density at radius 3 is 2.06 bits per heavy atom. The molecular formula is C37H29Cl2N3O4S. The van der Waals surface area contributed by atoms with Gasteiger partial charge in [0.2, 0.25) is 5.91 Å². The second-order valence-corrected chi connectivity index (χ2v) is 12.1. The highest BCUT2D eigenvalue weighted by Crippen LogP contribution is 2.38. The van der Waals surface area contributed by atoms with Crippen molar-refractivity contribution in [2.75, 3.05) is 17.7 Å². The van der Waals surface area contributed by atoms with Crippen LogP contribution in [0.3, 0.4) is 0 Å². The van der Waals surface area contributed by atoms with Crippen LogP contribution in [0.1, 0.15) is 26.7 Å². The largest absolute Gasteiger partial charge is 0.497 e. The lowest BCUT2D eigenvalue weighted by Crippen LogP contribution is -2.30. The van der Waals surface area contributed by atoms with Crippen LogP contribution < -0.4 is 20.7 Å². The molecule has 3 amide bonds. The summed E-state index contributed by atoms with van der Waals surface area (Å²) in [5, 5.41) is 8.48. The third-order valence-electron chi connectivity index (χ3n) is 6.87. The number of amides is 3. The number of anilines is 2. The standard InChI is InChI=1S/C37H29Cl2N3O4S/c1-46-28-19-15-24(16-20-28)23-32(42-35(43)26-11-6-3-7-12-26)36(44)40-27-17-21-29(22-18-27)47-34(25-9-4-2-5-10-25)37(45)41-31-14-8-13-30(38)33(31)39/h2-23,34H,1H3,(H,40,44)(H,41,45)(H,42,43)/b32-23-. The smallest absolute Gasteiger partial charge is 0.272 e. The molecule has 0 saturated heterocycles. The van der Waals surface area contributed by atoms with Crippen LogP contribution in [0, 0.1) is 0 Å². The van der Waals surface area contributed by atoms with Gasteiger partial charge in [0, 0.05) is 16.1 Å². The topological polar surface area (TPSA) is 96.5 Å². The molecule has 5 aromatic rings. The minimum Gasteiger partial charge on any atom is -0.497 e. The van der Waals surface area contributed by atoms with Crippen LogP contribution >= 0.6 is 35.0 Å². The minimum absolute atomic E-state index is 0.0583. The van der Waals surface area contributed by atoms with E-state index in [4.69, 9.17) is 27.9 Å². The van der Waals surface area contributed by atoms with E-state index >= 15 is 0 Å². The number of nitrogens with one attached hydrogen (secondary N) is 3. The molecule has 0 aliphatic heterocycles. The fraction of sp³-hybridized carbons (Fsp3) is 0.0541. The van der Waals surface area contributed by atoms with E-state index in [1.165, 1.54) is 11.8 Å². The summed E-state index contributed by atoms with van der Waals surface area (Å²) in [7, 11) is 1.57. The van der Waals surface area contributed by atoms with E-state index in [-0.39, 0.29) is 16.6 Å². The summed E-state index contributed by atoms with van der Waals surface area (Å²) in [6, 6.07) is 37.3. The normalized spacial score (nSPS) is 11.7. The Hall–Kier alpha value is -5.02. The van der Waals surface area contributed by atoms with Gasteiger partial charge in [-0.25, -0.2) is 0 Å². The van der Waals surface area contributed by atoms with Crippen molar-refractivity contribution in [3.63, 3.8) is 0 Å². The predicted octanol–water partition coefficient (Wildman–Crippen LogP) is 8.88. The molecule has 236 valence electrons. The first-order valence-corrected chi connectivity index (χ1v) is 16.0. The fourth-order valence-corrected chi connectivity index (χ4v) is 5.83. The van der Waals surface area contributed by atoms with Gasteiger partial charge in [-0.05, 0) is 77.9 Å². The van der Waals surface area contributed by atoms with Crippen LogP contribution in [-0.2, 0) is 9.59 Å². The molecule has 10 heteroatoms. The number of rotatable bonds is 11. The monoisotopic (exact) mass is 681 g/mol. The maximum Gasteiger partial charge on any atom is 0.272 e. The van der Waals surface area contributed by atoms with Gasteiger partial charge in [0.15, 0.2) is 0 Å². The Labute approximate surface area is 287 Å². The predicted molar refractivity (Wildman–Crippen MR) is 190 cm³/mol. The highest BCUT2D eigenvalue weighted by atomic mass is 35.5. The zero-order chi connectivity index (χ0) is 33.2. The summed E-state index contributed by atoms with van der Waals surface area (Å²) in [5.74, 6) is -0.535. The number of benzene rings is 5. The molecule has 5 aromatic carbocycles. The fourth-order valence-electron chi connectivity index (χ4n) is 4.46. The first kappa shape index (κ1) is 33.3. The van der Waals surface area contributed by atoms with Crippen molar-refractivity contribution in [3.8, 4) is 5.75 Å². The molecule has 0 saturated carbocycles. The number of thioether (sulfide) groups is 1. The van der Waals surface area contributed by atoms with Crippen molar-refractivity contribution in [3.05, 3.63) is 160 Å². The highest BCUT2D eigenvalue weighted by Gasteiger charge is 2.23. The van der Waals surface area contributed by atoms with Gasteiger partial charge < -0.3 is 20.7 Å². The molecule has 47 heavy (non-hydrogen) atoms. The number of halogens is 2. The third kappa shape index (κ3) is 9.04. The average molecular weight is 683 g/mol. The molecule has 0 heterocycles. The molecule has 0 aliphatic carbocycles. The Kier molecular flexibility index (Phi) is 11.4. The van der Waals surface area contributed by atoms with E-state index in [1.54, 1.807) is 92.0 Å². The van der Waals surface area contributed by atoms with Crippen LogP contribution in [0.4, 0.5) is 11.4 Å². The molecule has 0 radical (unpaired) electrons. The lowest BCUT2D eigenvalue weighted by molar-refractivity contribution is -0.116. The number of carbonyl (C=O) groups excluding carboxylic acids is 3.